The number of carbonyl (C=O) groups excluding carboxylic acids is 2. The third-order valence-electron chi connectivity index (χ3n) is 5.76. The van der Waals surface area contributed by atoms with Crippen LogP contribution < -0.4 is 20.1 Å². The Hall–Kier alpha value is -3.50. The zero-order chi connectivity index (χ0) is 24.0. The summed E-state index contributed by atoms with van der Waals surface area (Å²) in [6, 6.07) is 9.30. The second kappa shape index (κ2) is 10.4. The van der Waals surface area contributed by atoms with Crippen LogP contribution in [0.25, 0.3) is 0 Å². The van der Waals surface area contributed by atoms with E-state index in [0.717, 1.165) is 0 Å². The number of ether oxygens (including phenoxy) is 2. The first-order chi connectivity index (χ1) is 15.7. The standard InChI is InChI=1S/C23H30N4O6/c1-27(15-23(31)25-19-13-17(33-3)5-7-21(19)29)10-8-26(9-11-27)14-22(30)24-18-12-16(32-2)4-6-20(18)28/h4-7,12-13H,8-11,14-15H2,1-3H3,(H3-,24,25,28,29,30,31)/p+1. The number of likely N-dealkylation sites (N-methyl/N-ethyl adjacent to an activating group) is 1. The Labute approximate surface area is 192 Å². The molecule has 2 aromatic carbocycles. The molecule has 0 radical (unpaired) electrons. The molecular formula is C23H31N4O6+. The highest BCUT2D eigenvalue weighted by Gasteiger charge is 2.32. The first-order valence-corrected chi connectivity index (χ1v) is 10.6. The highest BCUT2D eigenvalue weighted by atomic mass is 16.5. The van der Waals surface area contributed by atoms with E-state index in [4.69, 9.17) is 9.47 Å². The zero-order valence-electron chi connectivity index (χ0n) is 19.1. The van der Waals surface area contributed by atoms with Crippen LogP contribution in [0.4, 0.5) is 11.4 Å². The van der Waals surface area contributed by atoms with E-state index in [1.807, 2.05) is 11.9 Å². The van der Waals surface area contributed by atoms with Crippen molar-refractivity contribution in [2.24, 2.45) is 0 Å². The molecule has 1 heterocycles. The molecule has 0 spiro atoms. The molecule has 0 saturated carbocycles. The van der Waals surface area contributed by atoms with Gasteiger partial charge in [-0.2, -0.15) is 0 Å². The largest absolute Gasteiger partial charge is 0.506 e. The summed E-state index contributed by atoms with van der Waals surface area (Å²) in [5, 5.41) is 25.4. The van der Waals surface area contributed by atoms with Gasteiger partial charge in [0, 0.05) is 25.2 Å². The highest BCUT2D eigenvalue weighted by Crippen LogP contribution is 2.29. The molecule has 33 heavy (non-hydrogen) atoms. The first kappa shape index (κ1) is 24.1. The lowest BCUT2D eigenvalue weighted by Crippen LogP contribution is -2.60. The number of piperazine rings is 1. The number of carbonyl (C=O) groups is 2. The molecule has 10 nitrogen and oxygen atoms in total. The van der Waals surface area contributed by atoms with Gasteiger partial charge >= 0.3 is 0 Å². The molecule has 178 valence electrons. The van der Waals surface area contributed by atoms with Crippen molar-refractivity contribution in [2.75, 3.05) is 71.2 Å². The van der Waals surface area contributed by atoms with Crippen molar-refractivity contribution in [3.05, 3.63) is 36.4 Å². The minimum Gasteiger partial charge on any atom is -0.506 e. The van der Waals surface area contributed by atoms with Crippen LogP contribution in [0.15, 0.2) is 36.4 Å². The number of methoxy groups -OCH3 is 2. The van der Waals surface area contributed by atoms with Crippen LogP contribution in [-0.4, -0.2) is 91.9 Å². The van der Waals surface area contributed by atoms with Crippen molar-refractivity contribution in [3.8, 4) is 23.0 Å². The van der Waals surface area contributed by atoms with Gasteiger partial charge in [0.1, 0.15) is 23.0 Å². The van der Waals surface area contributed by atoms with Crippen LogP contribution in [0.5, 0.6) is 23.0 Å². The summed E-state index contributed by atoms with van der Waals surface area (Å²) < 4.78 is 10.8. The van der Waals surface area contributed by atoms with Gasteiger partial charge in [0.25, 0.3) is 5.91 Å². The molecule has 10 heteroatoms. The average molecular weight is 460 g/mol. The number of phenols is 2. The second-order valence-corrected chi connectivity index (χ2v) is 8.36. The molecule has 0 unspecified atom stereocenters. The van der Waals surface area contributed by atoms with Crippen LogP contribution in [-0.2, 0) is 9.59 Å². The third kappa shape index (κ3) is 6.50. The normalized spacial score (nSPS) is 15.5. The number of phenolic OH excluding ortho intramolecular Hbond substituents is 2. The highest BCUT2D eigenvalue weighted by molar-refractivity contribution is 5.94. The van der Waals surface area contributed by atoms with E-state index in [1.165, 1.54) is 26.4 Å². The molecule has 4 N–H and O–H groups in total. The Morgan fingerprint density at radius 2 is 1.39 bits per heavy atom. The molecule has 1 saturated heterocycles. The maximum absolute atomic E-state index is 12.6. The lowest BCUT2D eigenvalue weighted by Gasteiger charge is -2.41. The number of rotatable bonds is 8. The lowest BCUT2D eigenvalue weighted by molar-refractivity contribution is -0.905. The van der Waals surface area contributed by atoms with E-state index in [1.54, 1.807) is 24.3 Å². The van der Waals surface area contributed by atoms with Crippen LogP contribution >= 0.6 is 0 Å². The van der Waals surface area contributed by atoms with Gasteiger partial charge < -0.3 is 34.8 Å². The molecule has 2 amide bonds. The molecule has 1 aliphatic rings. The predicted octanol–water partition coefficient (Wildman–Crippen LogP) is 1.45. The van der Waals surface area contributed by atoms with Crippen molar-refractivity contribution < 1.29 is 33.8 Å². The average Bonchev–Trinajstić information content (AvgIpc) is 2.78. The van der Waals surface area contributed by atoms with Gasteiger partial charge in [-0.3, -0.25) is 14.5 Å². The van der Waals surface area contributed by atoms with Gasteiger partial charge in [0.2, 0.25) is 5.91 Å². The number of benzene rings is 2. The van der Waals surface area contributed by atoms with E-state index in [2.05, 4.69) is 10.6 Å². The summed E-state index contributed by atoms with van der Waals surface area (Å²) in [4.78, 5) is 27.1. The maximum Gasteiger partial charge on any atom is 0.279 e. The summed E-state index contributed by atoms with van der Waals surface area (Å²) >= 11 is 0. The minimum atomic E-state index is -0.235. The van der Waals surface area contributed by atoms with Gasteiger partial charge in [0.05, 0.1) is 52.3 Å². The SMILES string of the molecule is COc1ccc(O)c(NC(=O)CN2CC[N+](C)(CC(=O)Nc3cc(OC)ccc3O)CC2)c1. The number of hydrogen-bond donors (Lipinski definition) is 4. The molecule has 1 fully saturated rings. The lowest BCUT2D eigenvalue weighted by atomic mass is 10.2. The van der Waals surface area contributed by atoms with Crippen molar-refractivity contribution in [1.29, 1.82) is 0 Å². The molecular weight excluding hydrogens is 428 g/mol. The Morgan fingerprint density at radius 3 is 1.88 bits per heavy atom. The Balaban J connectivity index is 1.49. The number of hydrogen-bond acceptors (Lipinski definition) is 7. The molecule has 0 aliphatic carbocycles. The molecule has 3 rings (SSSR count). The van der Waals surface area contributed by atoms with E-state index in [0.29, 0.717) is 53.5 Å². The van der Waals surface area contributed by atoms with E-state index >= 15 is 0 Å². The van der Waals surface area contributed by atoms with Gasteiger partial charge in [-0.15, -0.1) is 0 Å². The summed E-state index contributed by atoms with van der Waals surface area (Å²) in [5.74, 6) is 0.582. The topological polar surface area (TPSA) is 120 Å². The van der Waals surface area contributed by atoms with Crippen LogP contribution in [0.3, 0.4) is 0 Å². The second-order valence-electron chi connectivity index (χ2n) is 8.36. The Bertz CT molecular complexity index is 1000. The fourth-order valence-corrected chi connectivity index (χ4v) is 3.72. The number of nitrogens with zero attached hydrogens (tertiary/aromatic N) is 2. The first-order valence-electron chi connectivity index (χ1n) is 10.6. The Kier molecular flexibility index (Phi) is 7.62. The molecule has 0 atom stereocenters. The van der Waals surface area contributed by atoms with Crippen LogP contribution in [0.1, 0.15) is 0 Å². The van der Waals surface area contributed by atoms with Gasteiger partial charge in [0.15, 0.2) is 6.54 Å². The predicted molar refractivity (Wildman–Crippen MR) is 124 cm³/mol. The molecule has 2 aromatic rings. The smallest absolute Gasteiger partial charge is 0.279 e. The summed E-state index contributed by atoms with van der Waals surface area (Å²) in [6.07, 6.45) is 0. The molecule has 1 aliphatic heterocycles. The van der Waals surface area contributed by atoms with Gasteiger partial charge in [-0.1, -0.05) is 0 Å². The van der Waals surface area contributed by atoms with E-state index < -0.39 is 0 Å². The monoisotopic (exact) mass is 459 g/mol. The maximum atomic E-state index is 12.6. The van der Waals surface area contributed by atoms with Gasteiger partial charge in [-0.25, -0.2) is 0 Å². The number of quaternary nitrogens is 1. The quantitative estimate of drug-likeness (QED) is 0.348. The summed E-state index contributed by atoms with van der Waals surface area (Å²) in [5.41, 5.74) is 0.608. The fourth-order valence-electron chi connectivity index (χ4n) is 3.72. The number of nitrogens with one attached hydrogen (secondary N) is 2. The van der Waals surface area contributed by atoms with Crippen LogP contribution in [0.2, 0.25) is 0 Å². The van der Waals surface area contributed by atoms with Crippen molar-refractivity contribution in [1.82, 2.24) is 4.90 Å². The molecule has 0 aromatic heterocycles. The number of amides is 2. The van der Waals surface area contributed by atoms with Crippen molar-refractivity contribution in [3.63, 3.8) is 0 Å². The Morgan fingerprint density at radius 1 is 0.909 bits per heavy atom. The van der Waals surface area contributed by atoms with Gasteiger partial charge in [-0.05, 0) is 24.3 Å². The fraction of sp³-hybridized carbons (Fsp3) is 0.391. The number of aromatic hydroxyl groups is 2. The minimum absolute atomic E-state index is 0.0234. The van der Waals surface area contributed by atoms with E-state index in [9.17, 15) is 19.8 Å². The molecule has 0 bridgehead atoms. The van der Waals surface area contributed by atoms with Crippen LogP contribution in [0, 0.1) is 0 Å². The zero-order valence-corrected chi connectivity index (χ0v) is 19.1. The summed E-state index contributed by atoms with van der Waals surface area (Å²) in [7, 11) is 5.03. The summed E-state index contributed by atoms with van der Waals surface area (Å²) in [6.45, 7) is 3.09. The van der Waals surface area contributed by atoms with E-state index in [-0.39, 0.29) is 36.4 Å². The number of anilines is 2. The third-order valence-corrected chi connectivity index (χ3v) is 5.76. The van der Waals surface area contributed by atoms with Crippen molar-refractivity contribution in [2.45, 2.75) is 0 Å². The van der Waals surface area contributed by atoms with Crippen molar-refractivity contribution >= 4 is 23.2 Å².